The minimum Gasteiger partial charge on any atom is -0.394 e. The van der Waals surface area contributed by atoms with Crippen molar-refractivity contribution in [1.29, 1.82) is 0 Å². The van der Waals surface area contributed by atoms with Crippen molar-refractivity contribution >= 4 is 0 Å². The van der Waals surface area contributed by atoms with Crippen molar-refractivity contribution in [3.63, 3.8) is 0 Å². The van der Waals surface area contributed by atoms with Gasteiger partial charge in [-0.05, 0) is 0 Å². The second-order valence-electron chi connectivity index (χ2n) is 19.6. The lowest BCUT2D eigenvalue weighted by molar-refractivity contribution is -0.398. The highest BCUT2D eigenvalue weighted by atomic mass is 16.8. The normalized spacial score (nSPS) is 53.5. The molecule has 0 radical (unpaired) electrons. The first-order valence-electron chi connectivity index (χ1n) is 24.7. The summed E-state index contributed by atoms with van der Waals surface area (Å²) in [6, 6.07) is 0. The van der Waals surface area contributed by atoms with Gasteiger partial charge in [0.15, 0.2) is 44.0 Å². The van der Waals surface area contributed by atoms with Crippen LogP contribution >= 0.6 is 0 Å². The van der Waals surface area contributed by atoms with E-state index in [-0.39, 0.29) is 0 Å². The molecule has 0 amide bonds. The van der Waals surface area contributed by atoms with Crippen LogP contribution in [-0.2, 0) is 61.6 Å². The molecule has 36 heteroatoms. The maximum Gasteiger partial charge on any atom is 0.187 e. The molecule has 35 atom stereocenters. The van der Waals surface area contributed by atoms with E-state index >= 15 is 0 Å². The van der Waals surface area contributed by atoms with Crippen molar-refractivity contribution in [1.82, 2.24) is 0 Å². The van der Waals surface area contributed by atoms with E-state index in [0.29, 0.717) is 0 Å². The summed E-state index contributed by atoms with van der Waals surface area (Å²) in [6.45, 7) is -6.68. The zero-order valence-electron chi connectivity index (χ0n) is 40.8. The third-order valence-electron chi connectivity index (χ3n) is 14.5. The summed E-state index contributed by atoms with van der Waals surface area (Å²) in [7, 11) is 0. The Morgan fingerprint density at radius 3 is 0.769 bits per heavy atom. The molecular formula is C42H72O36. The van der Waals surface area contributed by atoms with Gasteiger partial charge in [-0.1, -0.05) is 0 Å². The second-order valence-corrected chi connectivity index (χ2v) is 19.6. The number of hydrogen-bond acceptors (Lipinski definition) is 36. The van der Waals surface area contributed by atoms with E-state index in [0.717, 1.165) is 0 Å². The number of aliphatic hydroxyl groups is 23. The third-order valence-corrected chi connectivity index (χ3v) is 14.5. The summed E-state index contributed by atoms with van der Waals surface area (Å²) in [5, 5.41) is 245. The minimum atomic E-state index is -2.40. The lowest BCUT2D eigenvalue weighted by atomic mass is 9.95. The predicted molar refractivity (Wildman–Crippen MR) is 232 cm³/mol. The summed E-state index contributed by atoms with van der Waals surface area (Å²) in [5.74, 6) is 0. The first-order chi connectivity index (χ1) is 36.9. The molecule has 14 unspecified atom stereocenters. The topological polar surface area (TPSA) is 585 Å². The van der Waals surface area contributed by atoms with E-state index in [4.69, 9.17) is 61.6 Å². The maximum atomic E-state index is 11.9. The summed E-state index contributed by atoms with van der Waals surface area (Å²) >= 11 is 0. The molecule has 0 aromatic rings. The molecule has 7 aliphatic heterocycles. The molecule has 0 aliphatic carbocycles. The highest BCUT2D eigenvalue weighted by molar-refractivity contribution is 5.00. The lowest BCUT2D eigenvalue weighted by Gasteiger charge is -2.50. The first kappa shape index (κ1) is 64.1. The SMILES string of the molecule is OCC1O[C@@H](OCC2O[C@H](O[C@@H]3C(O)[C@H](O[C@@H]4C(O)[C@@H](O[C@@H]5C(O)[C@@H](O)OC(CO)[C@H]5O)OC(CO[C@@H]5OC(CO)[C@@H](O)[C@H](O)C5O)[C@H]4O)OC(CO)[C@H]3O)C(O)[C@@H](O[C@@H]3OC(CO)[C@@H](O)[C@H](O)C3O)[C@@H]2O)C(O)[C@@H](O)[C@@H]1O. The minimum absolute atomic E-state index is 0.884. The van der Waals surface area contributed by atoms with Gasteiger partial charge in [-0.3, -0.25) is 0 Å². The van der Waals surface area contributed by atoms with Gasteiger partial charge in [0.1, 0.15) is 171 Å². The van der Waals surface area contributed by atoms with Crippen molar-refractivity contribution in [2.24, 2.45) is 0 Å². The standard InChI is InChI=1S/C42H72O36/c43-1-8-15(48)22(55)25(58)37(69-8)66-6-13-20(53)34(76-39-27(60)24(57)17(50)10(3-45)71-39)30(63)42(74-13)77-33-19(52)12(5-47)72-40(29(33)62)78-35-21(54)14(7-67-38-26(59)23(56)16(49)9(2-44)70-38)73-41(31(35)64)75-32-18(51)11(4-46)68-36(65)28(32)61/h8-65H,1-7H2/t8?,9?,10?,11?,12?,13?,14?,15-,16-,17-,18-,19-,20-,21-,22+,23+,24+,25?,26?,27?,28?,29?,30?,31?,32+,33+,34+,35+,36+,37-,38-,39+,40+,41-,42-/m1/s1. The van der Waals surface area contributed by atoms with Crippen LogP contribution in [-0.4, -0.2) is 379 Å². The Morgan fingerprint density at radius 2 is 0.449 bits per heavy atom. The van der Waals surface area contributed by atoms with Crippen LogP contribution < -0.4 is 0 Å². The molecule has 7 rings (SSSR count). The van der Waals surface area contributed by atoms with Gasteiger partial charge < -0.3 is 179 Å². The van der Waals surface area contributed by atoms with Crippen molar-refractivity contribution in [3.05, 3.63) is 0 Å². The smallest absolute Gasteiger partial charge is 0.187 e. The quantitative estimate of drug-likeness (QED) is 0.0571. The Labute approximate surface area is 439 Å². The van der Waals surface area contributed by atoms with E-state index < -0.39 is 261 Å². The molecule has 0 bridgehead atoms. The zero-order valence-corrected chi connectivity index (χ0v) is 40.8. The molecule has 0 spiro atoms. The molecule has 7 fully saturated rings. The summed E-state index contributed by atoms with van der Waals surface area (Å²) < 4.78 is 72.5. The number of aliphatic hydroxyl groups excluding tert-OH is 23. The summed E-state index contributed by atoms with van der Waals surface area (Å²) in [6.07, 6.45) is -70.3. The third kappa shape index (κ3) is 13.2. The Balaban J connectivity index is 1.15. The molecular weight excluding hydrogens is 1080 g/mol. The molecule has 7 heterocycles. The van der Waals surface area contributed by atoms with E-state index in [1.807, 2.05) is 0 Å². The van der Waals surface area contributed by atoms with Crippen LogP contribution in [0.3, 0.4) is 0 Å². The number of hydrogen-bond donors (Lipinski definition) is 23. The van der Waals surface area contributed by atoms with Crippen LogP contribution in [0.15, 0.2) is 0 Å². The summed E-state index contributed by atoms with van der Waals surface area (Å²) in [4.78, 5) is 0. The van der Waals surface area contributed by atoms with Crippen LogP contribution in [0, 0.1) is 0 Å². The van der Waals surface area contributed by atoms with Crippen molar-refractivity contribution < 1.29 is 179 Å². The molecule has 23 N–H and O–H groups in total. The highest BCUT2D eigenvalue weighted by Crippen LogP contribution is 2.37. The number of ether oxygens (including phenoxy) is 13. The molecule has 36 nitrogen and oxygen atoms in total. The molecule has 78 heavy (non-hydrogen) atoms. The van der Waals surface area contributed by atoms with Crippen LogP contribution in [0.1, 0.15) is 0 Å². The van der Waals surface area contributed by atoms with E-state index in [1.54, 1.807) is 0 Å². The van der Waals surface area contributed by atoms with Crippen LogP contribution in [0.25, 0.3) is 0 Å². The van der Waals surface area contributed by atoms with E-state index in [9.17, 15) is 117 Å². The Hall–Kier alpha value is -1.44. The molecule has 0 aromatic carbocycles. The van der Waals surface area contributed by atoms with Gasteiger partial charge in [0.2, 0.25) is 0 Å². The van der Waals surface area contributed by atoms with Crippen molar-refractivity contribution in [3.8, 4) is 0 Å². The molecule has 456 valence electrons. The van der Waals surface area contributed by atoms with E-state index in [2.05, 4.69) is 0 Å². The van der Waals surface area contributed by atoms with Gasteiger partial charge in [0, 0.05) is 0 Å². The first-order valence-corrected chi connectivity index (χ1v) is 24.7. The molecule has 0 aromatic heterocycles. The average molecular weight is 1150 g/mol. The molecule has 7 saturated heterocycles. The average Bonchev–Trinajstić information content (AvgIpc) is 3.43. The molecule has 7 aliphatic rings. The van der Waals surface area contributed by atoms with E-state index in [1.165, 1.54) is 0 Å². The monoisotopic (exact) mass is 1150 g/mol. The lowest BCUT2D eigenvalue weighted by Crippen LogP contribution is -2.68. The van der Waals surface area contributed by atoms with Crippen molar-refractivity contribution in [2.75, 3.05) is 46.2 Å². The Morgan fingerprint density at radius 1 is 0.218 bits per heavy atom. The van der Waals surface area contributed by atoms with Gasteiger partial charge in [-0.15, -0.1) is 0 Å². The summed E-state index contributed by atoms with van der Waals surface area (Å²) in [5.41, 5.74) is 0. The zero-order chi connectivity index (χ0) is 57.3. The Kier molecular flexibility index (Phi) is 22.6. The number of rotatable bonds is 19. The highest BCUT2D eigenvalue weighted by Gasteiger charge is 2.58. The fourth-order valence-electron chi connectivity index (χ4n) is 9.77. The van der Waals surface area contributed by atoms with Crippen molar-refractivity contribution in [2.45, 2.75) is 215 Å². The molecule has 0 saturated carbocycles. The van der Waals surface area contributed by atoms with Crippen LogP contribution in [0.2, 0.25) is 0 Å². The van der Waals surface area contributed by atoms with Gasteiger partial charge >= 0.3 is 0 Å². The second kappa shape index (κ2) is 27.5. The maximum absolute atomic E-state index is 11.9. The van der Waals surface area contributed by atoms with Gasteiger partial charge in [0.25, 0.3) is 0 Å². The van der Waals surface area contributed by atoms with Gasteiger partial charge in [-0.2, -0.15) is 0 Å². The predicted octanol–water partition coefficient (Wildman–Crippen LogP) is -16.3. The fourth-order valence-corrected chi connectivity index (χ4v) is 9.77. The van der Waals surface area contributed by atoms with Crippen LogP contribution in [0.5, 0.6) is 0 Å². The largest absolute Gasteiger partial charge is 0.394 e. The van der Waals surface area contributed by atoms with Crippen LogP contribution in [0.4, 0.5) is 0 Å². The fraction of sp³-hybridized carbons (Fsp3) is 1.00. The van der Waals surface area contributed by atoms with Gasteiger partial charge in [-0.25, -0.2) is 0 Å². The Bertz CT molecular complexity index is 1810. The van der Waals surface area contributed by atoms with Gasteiger partial charge in [0.05, 0.1) is 46.2 Å².